The van der Waals surface area contributed by atoms with Crippen molar-refractivity contribution in [3.63, 3.8) is 0 Å². The third kappa shape index (κ3) is 43.5. The van der Waals surface area contributed by atoms with E-state index in [1.165, 1.54) is 180 Å². The molecule has 0 saturated heterocycles. The first kappa shape index (κ1) is 60.3. The van der Waals surface area contributed by atoms with Gasteiger partial charge in [0, 0.05) is 0 Å². The number of nitrogens with one attached hydrogen (secondary N) is 1. The summed E-state index contributed by atoms with van der Waals surface area (Å²) in [6.45, 7) is 4.02. The van der Waals surface area contributed by atoms with Crippen molar-refractivity contribution in [1.29, 1.82) is 0 Å². The minimum absolute atomic E-state index is 0.346. The number of carbonyl (C=O) groups excluding carboxylic acids is 1. The largest absolute Gasteiger partial charge is 0.394 e. The Morgan fingerprint density at radius 1 is 0.403 bits per heavy atom. The molecule has 1 amide bonds. The highest BCUT2D eigenvalue weighted by molar-refractivity contribution is 5.80. The van der Waals surface area contributed by atoms with Crippen LogP contribution in [0.1, 0.15) is 271 Å². The van der Waals surface area contributed by atoms with Crippen LogP contribution in [-0.4, -0.2) is 57.3 Å². The molecule has 0 aromatic heterocycles. The average Bonchev–Trinajstić information content (AvgIpc) is 3.28. The zero-order valence-electron chi connectivity index (χ0n) is 41.1. The van der Waals surface area contributed by atoms with E-state index in [9.17, 15) is 25.2 Å². The van der Waals surface area contributed by atoms with Crippen molar-refractivity contribution >= 4 is 5.91 Å². The summed E-state index contributed by atoms with van der Waals surface area (Å²) in [5.74, 6) is -0.606. The molecule has 4 unspecified atom stereocenters. The number of rotatable bonds is 49. The highest BCUT2D eigenvalue weighted by atomic mass is 16.3. The Morgan fingerprint density at radius 2 is 0.726 bits per heavy atom. The van der Waals surface area contributed by atoms with Crippen LogP contribution >= 0.6 is 0 Å². The van der Waals surface area contributed by atoms with Crippen molar-refractivity contribution in [2.75, 3.05) is 6.61 Å². The molecular weight excluding hydrogens is 767 g/mol. The summed E-state index contributed by atoms with van der Waals surface area (Å²) in [7, 11) is 0. The van der Waals surface area contributed by atoms with E-state index in [1.54, 1.807) is 0 Å². The van der Waals surface area contributed by atoms with Gasteiger partial charge in [0.15, 0.2) is 0 Å². The average molecular weight is 872 g/mol. The van der Waals surface area contributed by atoms with Crippen molar-refractivity contribution in [1.82, 2.24) is 5.32 Å². The van der Waals surface area contributed by atoms with E-state index in [-0.39, 0.29) is 0 Å². The molecule has 4 atom stereocenters. The lowest BCUT2D eigenvalue weighted by atomic mass is 10.00. The smallest absolute Gasteiger partial charge is 0.249 e. The Bertz CT molecular complexity index is 1020. The maximum atomic E-state index is 12.5. The van der Waals surface area contributed by atoms with Crippen LogP contribution in [0.2, 0.25) is 0 Å². The van der Waals surface area contributed by atoms with Gasteiger partial charge >= 0.3 is 0 Å². The standard InChI is InChI=1S/C56H105NO5/c1-3-5-7-9-11-13-15-17-19-21-22-23-24-25-26-27-28-29-30-31-32-33-34-36-37-39-41-43-45-47-49-53(59)55(61)52(51-58)57-56(62)54(60)50-48-46-44-42-40-38-35-20-18-16-14-12-10-8-6-4-2/h12,14,18,20,34,36,41,43,52-55,58-61H,3-11,13,15-17,19,21-33,35,37-40,42,44-51H2,1-2H3,(H,57,62)/b14-12-,20-18-,36-34+,43-41+. The fourth-order valence-electron chi connectivity index (χ4n) is 8.22. The van der Waals surface area contributed by atoms with Gasteiger partial charge in [-0.1, -0.05) is 236 Å². The Balaban J connectivity index is 3.69. The molecule has 0 aliphatic heterocycles. The molecule has 0 aromatic rings. The van der Waals surface area contributed by atoms with Crippen LogP contribution in [0.15, 0.2) is 48.6 Å². The molecule has 6 heteroatoms. The second-order valence-corrected chi connectivity index (χ2v) is 18.6. The highest BCUT2D eigenvalue weighted by Gasteiger charge is 2.28. The van der Waals surface area contributed by atoms with Gasteiger partial charge in [-0.3, -0.25) is 4.79 Å². The van der Waals surface area contributed by atoms with Gasteiger partial charge < -0.3 is 25.7 Å². The number of unbranched alkanes of at least 4 members (excludes halogenated alkanes) is 32. The third-order valence-electron chi connectivity index (χ3n) is 12.5. The minimum atomic E-state index is -1.30. The molecular formula is C56H105NO5. The normalized spacial score (nSPS) is 14.2. The van der Waals surface area contributed by atoms with Crippen LogP contribution in [-0.2, 0) is 4.79 Å². The zero-order chi connectivity index (χ0) is 45.2. The van der Waals surface area contributed by atoms with E-state index in [0.29, 0.717) is 19.3 Å². The van der Waals surface area contributed by atoms with E-state index in [2.05, 4.69) is 67.8 Å². The van der Waals surface area contributed by atoms with Crippen LogP contribution in [0.4, 0.5) is 0 Å². The molecule has 0 aliphatic rings. The van der Waals surface area contributed by atoms with Crippen LogP contribution < -0.4 is 5.32 Å². The Labute approximate surface area is 385 Å². The highest BCUT2D eigenvalue weighted by Crippen LogP contribution is 2.17. The number of hydrogen-bond acceptors (Lipinski definition) is 5. The summed E-state index contributed by atoms with van der Waals surface area (Å²) >= 11 is 0. The first-order chi connectivity index (χ1) is 30.5. The first-order valence-electron chi connectivity index (χ1n) is 27.0. The number of hydrogen-bond donors (Lipinski definition) is 5. The molecule has 0 rings (SSSR count). The van der Waals surface area contributed by atoms with E-state index in [0.717, 1.165) is 57.8 Å². The van der Waals surface area contributed by atoms with Crippen LogP contribution in [0, 0.1) is 0 Å². The molecule has 6 nitrogen and oxygen atoms in total. The SMILES string of the molecule is CCCCC/C=C\C/C=C\CCCCCCCCC(O)C(=O)NC(CO)C(O)C(O)CCC/C=C/CC/C=C/CCCCCCCCCCCCCCCCCCCCCCC. The quantitative estimate of drug-likeness (QED) is 0.0309. The minimum Gasteiger partial charge on any atom is -0.394 e. The number of amides is 1. The maximum absolute atomic E-state index is 12.5. The van der Waals surface area contributed by atoms with Gasteiger partial charge in [0.25, 0.3) is 0 Å². The maximum Gasteiger partial charge on any atom is 0.249 e. The molecule has 0 bridgehead atoms. The first-order valence-corrected chi connectivity index (χ1v) is 27.0. The number of carbonyl (C=O) groups is 1. The molecule has 364 valence electrons. The molecule has 0 spiro atoms. The van der Waals surface area contributed by atoms with Gasteiger partial charge in [-0.05, 0) is 83.5 Å². The lowest BCUT2D eigenvalue weighted by Crippen LogP contribution is -2.53. The monoisotopic (exact) mass is 872 g/mol. The molecule has 0 fully saturated rings. The van der Waals surface area contributed by atoms with Gasteiger partial charge in [0.2, 0.25) is 5.91 Å². The van der Waals surface area contributed by atoms with E-state index in [1.807, 2.05) is 0 Å². The van der Waals surface area contributed by atoms with E-state index in [4.69, 9.17) is 0 Å². The molecule has 62 heavy (non-hydrogen) atoms. The summed E-state index contributed by atoms with van der Waals surface area (Å²) in [4.78, 5) is 12.5. The van der Waals surface area contributed by atoms with Crippen molar-refractivity contribution in [3.8, 4) is 0 Å². The van der Waals surface area contributed by atoms with Crippen molar-refractivity contribution in [3.05, 3.63) is 48.6 Å². The Morgan fingerprint density at radius 3 is 1.15 bits per heavy atom. The van der Waals surface area contributed by atoms with Gasteiger partial charge in [-0.25, -0.2) is 0 Å². The van der Waals surface area contributed by atoms with Crippen LogP contribution in [0.25, 0.3) is 0 Å². The summed E-state index contributed by atoms with van der Waals surface area (Å²) in [5.41, 5.74) is 0. The van der Waals surface area contributed by atoms with Crippen LogP contribution in [0.3, 0.4) is 0 Å². The van der Waals surface area contributed by atoms with E-state index < -0.39 is 36.9 Å². The number of aliphatic hydroxyl groups is 4. The lowest BCUT2D eigenvalue weighted by molar-refractivity contribution is -0.132. The van der Waals surface area contributed by atoms with Gasteiger partial charge in [0.05, 0.1) is 18.8 Å². The number of aliphatic hydroxyl groups excluding tert-OH is 4. The van der Waals surface area contributed by atoms with Crippen molar-refractivity contribution in [2.24, 2.45) is 0 Å². The topological polar surface area (TPSA) is 110 Å². The zero-order valence-corrected chi connectivity index (χ0v) is 41.1. The molecule has 0 aromatic carbocycles. The van der Waals surface area contributed by atoms with E-state index >= 15 is 0 Å². The molecule has 0 aliphatic carbocycles. The summed E-state index contributed by atoms with van der Waals surface area (Å²) < 4.78 is 0. The molecule has 0 saturated carbocycles. The fourth-order valence-corrected chi connectivity index (χ4v) is 8.22. The summed E-state index contributed by atoms with van der Waals surface area (Å²) in [5, 5.41) is 43.8. The van der Waals surface area contributed by atoms with Crippen molar-refractivity contribution in [2.45, 2.75) is 295 Å². The van der Waals surface area contributed by atoms with Gasteiger partial charge in [-0.15, -0.1) is 0 Å². The van der Waals surface area contributed by atoms with Gasteiger partial charge in [0.1, 0.15) is 12.2 Å². The molecule has 0 heterocycles. The fraction of sp³-hybridized carbons (Fsp3) is 0.839. The van der Waals surface area contributed by atoms with Gasteiger partial charge in [-0.2, -0.15) is 0 Å². The van der Waals surface area contributed by atoms with Crippen LogP contribution in [0.5, 0.6) is 0 Å². The Kier molecular flexibility index (Phi) is 48.9. The predicted molar refractivity (Wildman–Crippen MR) is 270 cm³/mol. The van der Waals surface area contributed by atoms with Crippen molar-refractivity contribution < 1.29 is 25.2 Å². The molecule has 5 N–H and O–H groups in total. The second-order valence-electron chi connectivity index (χ2n) is 18.6. The summed E-state index contributed by atoms with van der Waals surface area (Å²) in [6, 6.07) is -1.01. The number of allylic oxidation sites excluding steroid dienone is 8. The third-order valence-corrected chi connectivity index (χ3v) is 12.5. The molecule has 0 radical (unpaired) electrons. The summed E-state index contributed by atoms with van der Waals surface area (Å²) in [6.07, 6.45) is 63.2. The predicted octanol–water partition coefficient (Wildman–Crippen LogP) is 15.4. The second kappa shape index (κ2) is 50.3. The Hall–Kier alpha value is -1.73. The lowest BCUT2D eigenvalue weighted by Gasteiger charge is -2.27.